The van der Waals surface area contributed by atoms with Crippen molar-refractivity contribution in [3.63, 3.8) is 0 Å². The Balaban J connectivity index is 1.82. The molecule has 1 saturated heterocycles. The average Bonchev–Trinajstić information content (AvgIpc) is 3.22. The number of carbonyl (C=O) groups excluding carboxylic acids is 1. The third-order valence-electron chi connectivity index (χ3n) is 5.38. The van der Waals surface area contributed by atoms with Gasteiger partial charge in [-0.3, -0.25) is 4.79 Å². The van der Waals surface area contributed by atoms with Gasteiger partial charge in [0.25, 0.3) is 15.9 Å². The molecule has 3 rings (SSSR count). The first-order chi connectivity index (χ1) is 14.3. The molecule has 1 aliphatic rings. The first-order valence-corrected chi connectivity index (χ1v) is 13.0. The molecule has 0 aromatic heterocycles. The van der Waals surface area contributed by atoms with Gasteiger partial charge in [-0.2, -0.15) is 4.31 Å². The summed E-state index contributed by atoms with van der Waals surface area (Å²) in [6.45, 7) is 8.58. The quantitative estimate of drug-likeness (QED) is 0.732. The van der Waals surface area contributed by atoms with Crippen LogP contribution < -0.4 is 4.72 Å². The van der Waals surface area contributed by atoms with E-state index < -0.39 is 26.0 Å². The highest BCUT2D eigenvalue weighted by Gasteiger charge is 2.29. The SMILES string of the molecule is Cc1cc(S(=O)(=O)N2CCCC2)ccc1S(=O)(=O)NC(=O)c1ccc(C(C)(C)C)cc1. The van der Waals surface area contributed by atoms with Crippen LogP contribution in [0.25, 0.3) is 0 Å². The second-order valence-electron chi connectivity index (χ2n) is 8.80. The molecule has 1 heterocycles. The maximum atomic E-state index is 12.8. The highest BCUT2D eigenvalue weighted by atomic mass is 32.2. The summed E-state index contributed by atoms with van der Waals surface area (Å²) in [4.78, 5) is 12.4. The number of nitrogens with zero attached hydrogens (tertiary/aromatic N) is 1. The van der Waals surface area contributed by atoms with Crippen LogP contribution in [0, 0.1) is 6.92 Å². The number of hydrogen-bond donors (Lipinski definition) is 1. The fourth-order valence-electron chi connectivity index (χ4n) is 3.52. The minimum absolute atomic E-state index is 0.0509. The maximum absolute atomic E-state index is 12.8. The number of amides is 1. The summed E-state index contributed by atoms with van der Waals surface area (Å²) in [6.07, 6.45) is 1.63. The smallest absolute Gasteiger partial charge is 0.264 e. The molecule has 0 atom stereocenters. The minimum Gasteiger partial charge on any atom is -0.268 e. The number of hydrogen-bond acceptors (Lipinski definition) is 5. The van der Waals surface area contributed by atoms with E-state index in [1.807, 2.05) is 20.8 Å². The van der Waals surface area contributed by atoms with Gasteiger partial charge in [0.15, 0.2) is 0 Å². The summed E-state index contributed by atoms with van der Waals surface area (Å²) >= 11 is 0. The Morgan fingerprint density at radius 2 is 1.52 bits per heavy atom. The molecular formula is C22H28N2O5S2. The molecule has 2 aromatic carbocycles. The van der Waals surface area contributed by atoms with Gasteiger partial charge in [0.1, 0.15) is 0 Å². The number of aryl methyl sites for hydroxylation is 1. The van der Waals surface area contributed by atoms with Gasteiger partial charge < -0.3 is 0 Å². The average molecular weight is 465 g/mol. The molecule has 0 aliphatic carbocycles. The first kappa shape index (κ1) is 23.4. The molecule has 1 amide bonds. The van der Waals surface area contributed by atoms with Gasteiger partial charge in [-0.25, -0.2) is 21.6 Å². The van der Waals surface area contributed by atoms with Crippen LogP contribution in [0.15, 0.2) is 52.3 Å². The largest absolute Gasteiger partial charge is 0.268 e. The number of carbonyl (C=O) groups is 1. The Morgan fingerprint density at radius 3 is 2.03 bits per heavy atom. The molecule has 1 N–H and O–H groups in total. The van der Waals surface area contributed by atoms with E-state index in [1.165, 1.54) is 29.4 Å². The fourth-order valence-corrected chi connectivity index (χ4v) is 6.32. The van der Waals surface area contributed by atoms with E-state index in [4.69, 9.17) is 0 Å². The molecule has 0 bridgehead atoms. The van der Waals surface area contributed by atoms with Crippen LogP contribution in [0.5, 0.6) is 0 Å². The maximum Gasteiger partial charge on any atom is 0.264 e. The molecule has 1 fully saturated rings. The molecule has 1 aliphatic heterocycles. The van der Waals surface area contributed by atoms with Crippen LogP contribution in [0.4, 0.5) is 0 Å². The van der Waals surface area contributed by atoms with Crippen molar-refractivity contribution in [2.24, 2.45) is 0 Å². The summed E-state index contributed by atoms with van der Waals surface area (Å²) in [5, 5.41) is 0. The van der Waals surface area contributed by atoms with E-state index in [1.54, 1.807) is 24.3 Å². The standard InChI is InChI=1S/C22H28N2O5S2/c1-16-15-19(31(28,29)24-13-5-6-14-24)11-12-20(16)30(26,27)23-21(25)17-7-9-18(10-8-17)22(2,3)4/h7-12,15H,5-6,13-14H2,1-4H3,(H,23,25). The molecule has 2 aromatic rings. The van der Waals surface area contributed by atoms with Gasteiger partial charge in [0.05, 0.1) is 9.79 Å². The number of benzene rings is 2. The normalized spacial score (nSPS) is 15.7. The van der Waals surface area contributed by atoms with Crippen LogP contribution in [0.1, 0.15) is 55.1 Å². The molecule has 0 saturated carbocycles. The van der Waals surface area contributed by atoms with Crippen molar-refractivity contribution in [2.75, 3.05) is 13.1 Å². The van der Waals surface area contributed by atoms with E-state index in [-0.39, 0.29) is 26.3 Å². The van der Waals surface area contributed by atoms with Crippen LogP contribution in [-0.4, -0.2) is 40.1 Å². The van der Waals surface area contributed by atoms with E-state index in [0.29, 0.717) is 13.1 Å². The van der Waals surface area contributed by atoms with Crippen LogP contribution in [-0.2, 0) is 25.5 Å². The lowest BCUT2D eigenvalue weighted by Crippen LogP contribution is -2.31. The molecule has 168 valence electrons. The first-order valence-electron chi connectivity index (χ1n) is 10.1. The highest BCUT2D eigenvalue weighted by Crippen LogP contribution is 2.25. The second kappa shape index (κ2) is 8.37. The summed E-state index contributed by atoms with van der Waals surface area (Å²) < 4.78 is 54.5. The molecular weight excluding hydrogens is 436 g/mol. The number of rotatable bonds is 5. The molecule has 0 spiro atoms. The second-order valence-corrected chi connectivity index (χ2v) is 12.4. The Hall–Kier alpha value is -2.23. The number of sulfonamides is 2. The number of nitrogens with one attached hydrogen (secondary N) is 1. The van der Waals surface area contributed by atoms with E-state index in [9.17, 15) is 21.6 Å². The Bertz CT molecular complexity index is 1190. The summed E-state index contributed by atoms with van der Waals surface area (Å²) in [7, 11) is -7.82. The van der Waals surface area contributed by atoms with Gasteiger partial charge in [0.2, 0.25) is 10.0 Å². The zero-order valence-corrected chi connectivity index (χ0v) is 19.8. The summed E-state index contributed by atoms with van der Waals surface area (Å²) in [6, 6.07) is 10.6. The van der Waals surface area contributed by atoms with Crippen molar-refractivity contribution in [2.45, 2.75) is 55.7 Å². The van der Waals surface area contributed by atoms with Gasteiger partial charge in [-0.1, -0.05) is 32.9 Å². The van der Waals surface area contributed by atoms with Crippen LogP contribution in [0.3, 0.4) is 0 Å². The minimum atomic E-state index is -4.17. The van der Waals surface area contributed by atoms with Gasteiger partial charge >= 0.3 is 0 Å². The zero-order valence-electron chi connectivity index (χ0n) is 18.2. The van der Waals surface area contributed by atoms with Crippen LogP contribution >= 0.6 is 0 Å². The highest BCUT2D eigenvalue weighted by molar-refractivity contribution is 7.90. The van der Waals surface area contributed by atoms with Gasteiger partial charge in [-0.15, -0.1) is 0 Å². The zero-order chi connectivity index (χ0) is 23.0. The lowest BCUT2D eigenvalue weighted by molar-refractivity contribution is 0.0981. The third-order valence-corrected chi connectivity index (χ3v) is 8.76. The topological polar surface area (TPSA) is 101 Å². The van der Waals surface area contributed by atoms with E-state index >= 15 is 0 Å². The van der Waals surface area contributed by atoms with Gasteiger partial charge in [-0.05, 0) is 66.6 Å². The van der Waals surface area contributed by atoms with E-state index in [2.05, 4.69) is 4.72 Å². The van der Waals surface area contributed by atoms with Gasteiger partial charge in [0, 0.05) is 18.7 Å². The van der Waals surface area contributed by atoms with Crippen molar-refractivity contribution in [1.29, 1.82) is 0 Å². The van der Waals surface area contributed by atoms with Crippen molar-refractivity contribution < 1.29 is 21.6 Å². The Labute approximate surface area is 184 Å². The molecule has 7 nitrogen and oxygen atoms in total. The summed E-state index contributed by atoms with van der Waals surface area (Å²) in [5.41, 5.74) is 1.42. The Kier molecular flexibility index (Phi) is 6.32. The fraction of sp³-hybridized carbons (Fsp3) is 0.409. The third kappa shape index (κ3) is 4.99. The molecule has 31 heavy (non-hydrogen) atoms. The molecule has 9 heteroatoms. The molecule has 0 radical (unpaired) electrons. The van der Waals surface area contributed by atoms with Crippen molar-refractivity contribution in [3.05, 3.63) is 59.2 Å². The monoisotopic (exact) mass is 464 g/mol. The lowest BCUT2D eigenvalue weighted by atomic mass is 9.87. The predicted octanol–water partition coefficient (Wildman–Crippen LogP) is 3.20. The van der Waals surface area contributed by atoms with Crippen molar-refractivity contribution in [1.82, 2.24) is 9.03 Å². The summed E-state index contributed by atoms with van der Waals surface area (Å²) in [5.74, 6) is -0.742. The lowest BCUT2D eigenvalue weighted by Gasteiger charge is -2.19. The van der Waals surface area contributed by atoms with Crippen molar-refractivity contribution in [3.8, 4) is 0 Å². The van der Waals surface area contributed by atoms with E-state index in [0.717, 1.165) is 18.4 Å². The predicted molar refractivity (Wildman–Crippen MR) is 119 cm³/mol. The van der Waals surface area contributed by atoms with Crippen LogP contribution in [0.2, 0.25) is 0 Å². The Morgan fingerprint density at radius 1 is 0.935 bits per heavy atom. The molecule has 0 unspecified atom stereocenters. The van der Waals surface area contributed by atoms with Crippen molar-refractivity contribution >= 4 is 26.0 Å².